The number of hydrogen-bond donors (Lipinski definition) is 3. The lowest BCUT2D eigenvalue weighted by atomic mass is 10.0. The van der Waals surface area contributed by atoms with E-state index in [2.05, 4.69) is 4.98 Å². The molecular weight excluding hydrogens is 300 g/mol. The molecule has 0 spiro atoms. The number of benzene rings is 2. The summed E-state index contributed by atoms with van der Waals surface area (Å²) in [6.07, 6.45) is 1.61. The minimum atomic E-state index is 0.00981. The van der Waals surface area contributed by atoms with Gasteiger partial charge in [0.2, 0.25) is 0 Å². The van der Waals surface area contributed by atoms with Crippen molar-refractivity contribution >= 4 is 11.5 Å². The highest BCUT2D eigenvalue weighted by Gasteiger charge is 2.03. The van der Waals surface area contributed by atoms with Crippen LogP contribution in [0.15, 0.2) is 72.9 Å². The number of para-hydroxylation sites is 1. The van der Waals surface area contributed by atoms with Crippen LogP contribution in [0.3, 0.4) is 0 Å². The molecule has 0 unspecified atom stereocenters. The number of nitrogen functional groups attached to an aromatic ring is 2. The Balaban J connectivity index is 0.000000198. The normalized spacial score (nSPS) is 9.54. The molecule has 24 heavy (non-hydrogen) atoms. The number of amidine groups is 1. The van der Waals surface area contributed by atoms with Gasteiger partial charge >= 0.3 is 0 Å². The summed E-state index contributed by atoms with van der Waals surface area (Å²) in [6, 6.07) is 21.0. The molecular formula is C19H20N4O. The molecule has 0 atom stereocenters. The second kappa shape index (κ2) is 8.33. The topological polar surface area (TPSA) is 98.0 Å². The van der Waals surface area contributed by atoms with Gasteiger partial charge in [-0.1, -0.05) is 36.4 Å². The van der Waals surface area contributed by atoms with E-state index in [9.17, 15) is 0 Å². The predicted molar refractivity (Wildman–Crippen MR) is 98.1 cm³/mol. The number of ether oxygens (including phenoxy) is 1. The highest BCUT2D eigenvalue weighted by Crippen LogP contribution is 2.30. The van der Waals surface area contributed by atoms with Crippen molar-refractivity contribution in [3.8, 4) is 16.9 Å². The van der Waals surface area contributed by atoms with Crippen LogP contribution in [-0.4, -0.2) is 17.9 Å². The summed E-state index contributed by atoms with van der Waals surface area (Å²) in [4.78, 5) is 3.83. The van der Waals surface area contributed by atoms with Gasteiger partial charge in [0, 0.05) is 17.4 Å². The van der Waals surface area contributed by atoms with Crippen molar-refractivity contribution in [2.75, 3.05) is 12.8 Å². The Bertz CT molecular complexity index is 803. The van der Waals surface area contributed by atoms with Crippen molar-refractivity contribution in [3.05, 3.63) is 78.6 Å². The molecule has 122 valence electrons. The van der Waals surface area contributed by atoms with Crippen molar-refractivity contribution in [1.82, 2.24) is 4.98 Å². The fourth-order valence-electron chi connectivity index (χ4n) is 2.11. The zero-order valence-corrected chi connectivity index (χ0v) is 13.4. The average molecular weight is 320 g/mol. The molecule has 0 aliphatic rings. The van der Waals surface area contributed by atoms with Crippen LogP contribution in [0.25, 0.3) is 11.1 Å². The first-order valence-corrected chi connectivity index (χ1v) is 7.36. The van der Waals surface area contributed by atoms with Crippen LogP contribution in [0, 0.1) is 5.41 Å². The lowest BCUT2D eigenvalue weighted by Gasteiger charge is -2.08. The van der Waals surface area contributed by atoms with E-state index >= 15 is 0 Å². The Kier molecular flexibility index (Phi) is 5.91. The van der Waals surface area contributed by atoms with Crippen molar-refractivity contribution in [2.24, 2.45) is 5.73 Å². The van der Waals surface area contributed by atoms with Gasteiger partial charge in [0.25, 0.3) is 0 Å². The number of nitrogens with zero attached hydrogens (tertiary/aromatic N) is 1. The molecule has 5 N–H and O–H groups in total. The third-order valence-corrected chi connectivity index (χ3v) is 3.25. The van der Waals surface area contributed by atoms with E-state index in [1.165, 1.54) is 0 Å². The third kappa shape index (κ3) is 4.58. The largest absolute Gasteiger partial charge is 0.496 e. The van der Waals surface area contributed by atoms with Gasteiger partial charge in [-0.25, -0.2) is 0 Å². The molecule has 2 aromatic carbocycles. The molecule has 3 aromatic rings. The van der Waals surface area contributed by atoms with Crippen molar-refractivity contribution < 1.29 is 4.74 Å². The zero-order chi connectivity index (χ0) is 17.4. The first-order chi connectivity index (χ1) is 11.6. The summed E-state index contributed by atoms with van der Waals surface area (Å²) >= 11 is 0. The van der Waals surface area contributed by atoms with E-state index in [4.69, 9.17) is 21.6 Å². The summed E-state index contributed by atoms with van der Waals surface area (Å²) in [6.45, 7) is 0. The maximum atomic E-state index is 6.95. The van der Waals surface area contributed by atoms with Crippen molar-refractivity contribution in [3.63, 3.8) is 0 Å². The summed E-state index contributed by atoms with van der Waals surface area (Å²) in [5, 5.41) is 6.95. The number of aromatic nitrogens is 1. The number of anilines is 1. The van der Waals surface area contributed by atoms with Crippen LogP contribution in [0.2, 0.25) is 0 Å². The third-order valence-electron chi connectivity index (χ3n) is 3.25. The molecule has 1 heterocycles. The Morgan fingerprint density at radius 2 is 1.75 bits per heavy atom. The van der Waals surface area contributed by atoms with Gasteiger partial charge in [-0.15, -0.1) is 0 Å². The van der Waals surface area contributed by atoms with Crippen molar-refractivity contribution in [1.29, 1.82) is 5.41 Å². The number of rotatable bonds is 3. The van der Waals surface area contributed by atoms with Crippen LogP contribution in [-0.2, 0) is 0 Å². The van der Waals surface area contributed by atoms with Crippen LogP contribution in [0.1, 0.15) is 5.69 Å². The number of hydrogen-bond acceptors (Lipinski definition) is 4. The SMILES string of the molecule is COc1ccccc1-c1cccc(N)c1.N=C(N)c1ccccn1. The molecule has 3 rings (SSSR count). The number of nitrogens with one attached hydrogen (secondary N) is 1. The molecule has 0 bridgehead atoms. The van der Waals surface area contributed by atoms with E-state index in [0.717, 1.165) is 22.6 Å². The minimum Gasteiger partial charge on any atom is -0.496 e. The Morgan fingerprint density at radius 1 is 1.00 bits per heavy atom. The maximum absolute atomic E-state index is 6.95. The number of pyridine rings is 1. The van der Waals surface area contributed by atoms with Gasteiger partial charge in [0.1, 0.15) is 17.3 Å². The number of methoxy groups -OCH3 is 1. The lowest BCUT2D eigenvalue weighted by Crippen LogP contribution is -2.12. The van der Waals surface area contributed by atoms with Crippen LogP contribution in [0.4, 0.5) is 5.69 Å². The van der Waals surface area contributed by atoms with Gasteiger partial charge in [-0.3, -0.25) is 10.4 Å². The summed E-state index contributed by atoms with van der Waals surface area (Å²) in [5.74, 6) is 0.874. The van der Waals surface area contributed by atoms with E-state index < -0.39 is 0 Å². The average Bonchev–Trinajstić information content (AvgIpc) is 2.63. The van der Waals surface area contributed by atoms with E-state index in [0.29, 0.717) is 5.69 Å². The first-order valence-electron chi connectivity index (χ1n) is 7.36. The van der Waals surface area contributed by atoms with Crippen LogP contribution < -0.4 is 16.2 Å². The first kappa shape index (κ1) is 17.0. The van der Waals surface area contributed by atoms with Gasteiger partial charge in [-0.05, 0) is 35.9 Å². The second-order valence-corrected chi connectivity index (χ2v) is 4.95. The standard InChI is InChI=1S/C13H13NO.C6H7N3/c1-15-13-8-3-2-7-12(13)10-5-4-6-11(14)9-10;7-6(8)5-3-1-2-4-9-5/h2-9H,14H2,1H3;1-4H,(H3,7,8). The molecule has 0 saturated carbocycles. The molecule has 1 aromatic heterocycles. The monoisotopic (exact) mass is 320 g/mol. The predicted octanol–water partition coefficient (Wildman–Crippen LogP) is 3.31. The smallest absolute Gasteiger partial charge is 0.141 e. The molecule has 0 amide bonds. The van der Waals surface area contributed by atoms with Crippen LogP contribution in [0.5, 0.6) is 5.75 Å². The summed E-state index contributed by atoms with van der Waals surface area (Å²) < 4.78 is 5.30. The molecule has 0 radical (unpaired) electrons. The number of nitrogens with two attached hydrogens (primary N) is 2. The Hall–Kier alpha value is -3.34. The molecule has 0 fully saturated rings. The summed E-state index contributed by atoms with van der Waals surface area (Å²) in [7, 11) is 1.67. The van der Waals surface area contributed by atoms with Gasteiger partial charge in [0.05, 0.1) is 7.11 Å². The Labute approximate surface area is 141 Å². The fraction of sp³-hybridized carbons (Fsp3) is 0.0526. The minimum absolute atomic E-state index is 0.00981. The molecule has 0 aliphatic carbocycles. The molecule has 0 saturated heterocycles. The Morgan fingerprint density at radius 3 is 2.33 bits per heavy atom. The maximum Gasteiger partial charge on any atom is 0.141 e. The second-order valence-electron chi connectivity index (χ2n) is 4.95. The molecule has 0 aliphatic heterocycles. The van der Waals surface area contributed by atoms with E-state index in [1.54, 1.807) is 31.5 Å². The van der Waals surface area contributed by atoms with E-state index in [1.807, 2.05) is 48.5 Å². The van der Waals surface area contributed by atoms with Gasteiger partial charge < -0.3 is 16.2 Å². The van der Waals surface area contributed by atoms with Gasteiger partial charge in [0.15, 0.2) is 0 Å². The molecule has 5 heteroatoms. The lowest BCUT2D eigenvalue weighted by molar-refractivity contribution is 0.416. The molecule has 5 nitrogen and oxygen atoms in total. The van der Waals surface area contributed by atoms with E-state index in [-0.39, 0.29) is 5.84 Å². The fourth-order valence-corrected chi connectivity index (χ4v) is 2.11. The quantitative estimate of drug-likeness (QED) is 0.392. The highest BCUT2D eigenvalue weighted by molar-refractivity contribution is 5.92. The summed E-state index contributed by atoms with van der Waals surface area (Å²) in [5.41, 5.74) is 14.3. The highest BCUT2D eigenvalue weighted by atomic mass is 16.5. The van der Waals surface area contributed by atoms with Gasteiger partial charge in [-0.2, -0.15) is 0 Å². The zero-order valence-electron chi connectivity index (χ0n) is 13.4. The van der Waals surface area contributed by atoms with Crippen molar-refractivity contribution in [2.45, 2.75) is 0 Å². The van der Waals surface area contributed by atoms with Crippen LogP contribution >= 0.6 is 0 Å².